The summed E-state index contributed by atoms with van der Waals surface area (Å²) in [4.78, 5) is 15.8. The first-order valence-electron chi connectivity index (χ1n) is 6.96. The van der Waals surface area contributed by atoms with Crippen molar-refractivity contribution in [3.63, 3.8) is 0 Å². The molecular formula is C13H28N2O5S. The van der Waals surface area contributed by atoms with Gasteiger partial charge in [-0.05, 0) is 27.8 Å². The fourth-order valence-corrected chi connectivity index (χ4v) is 1.84. The molecular weight excluding hydrogens is 296 g/mol. The second-order valence-electron chi connectivity index (χ2n) is 6.32. The molecule has 0 aromatic rings. The Bertz CT molecular complexity index is 428. The molecule has 0 aromatic carbocycles. The van der Waals surface area contributed by atoms with Crippen molar-refractivity contribution in [2.24, 2.45) is 5.92 Å². The normalized spacial score (nSPS) is 13.0. The monoisotopic (exact) mass is 324 g/mol. The maximum Gasteiger partial charge on any atom is 0.397 e. The van der Waals surface area contributed by atoms with E-state index in [1.54, 1.807) is 18.7 Å². The third kappa shape index (κ3) is 9.02. The van der Waals surface area contributed by atoms with Crippen molar-refractivity contribution >= 4 is 16.3 Å². The molecule has 7 nitrogen and oxygen atoms in total. The second kappa shape index (κ2) is 8.07. The van der Waals surface area contributed by atoms with Crippen LogP contribution in [0.1, 0.15) is 34.6 Å². The third-order valence-corrected chi connectivity index (χ3v) is 3.71. The number of rotatable bonds is 8. The summed E-state index contributed by atoms with van der Waals surface area (Å²) in [6.45, 7) is 10.8. The minimum absolute atomic E-state index is 0.0164. The summed E-state index contributed by atoms with van der Waals surface area (Å²) in [6.07, 6.45) is 0. The van der Waals surface area contributed by atoms with E-state index in [0.29, 0.717) is 13.1 Å². The zero-order valence-electron chi connectivity index (χ0n) is 13.8. The Kier molecular flexibility index (Phi) is 7.80. The second-order valence-corrected chi connectivity index (χ2v) is 7.41. The van der Waals surface area contributed by atoms with Gasteiger partial charge in [0.05, 0.1) is 6.61 Å². The highest BCUT2D eigenvalue weighted by molar-refractivity contribution is 7.80. The van der Waals surface area contributed by atoms with E-state index >= 15 is 0 Å². The van der Waals surface area contributed by atoms with Crippen molar-refractivity contribution in [2.75, 3.05) is 33.3 Å². The SMILES string of the molecule is CC(C)C(=O)N(CCOS(=O)(=O)O)CCN(C)C(C)(C)C. The standard InChI is InChI=1S/C13H28N2O5S/c1-11(2)12(16)15(9-10-20-21(17,18)19)8-7-14(6)13(3,4)5/h11H,7-10H2,1-6H3,(H,17,18,19). The summed E-state index contributed by atoms with van der Waals surface area (Å²) < 4.78 is 33.9. The Balaban J connectivity index is 4.58. The van der Waals surface area contributed by atoms with Crippen LogP contribution in [0.2, 0.25) is 0 Å². The first-order valence-corrected chi connectivity index (χ1v) is 8.33. The summed E-state index contributed by atoms with van der Waals surface area (Å²) in [5.41, 5.74) is -0.0164. The first-order chi connectivity index (χ1) is 9.34. The Morgan fingerprint density at radius 1 is 1.19 bits per heavy atom. The van der Waals surface area contributed by atoms with Crippen LogP contribution in [-0.4, -0.2) is 67.5 Å². The van der Waals surface area contributed by atoms with Gasteiger partial charge >= 0.3 is 10.4 Å². The maximum absolute atomic E-state index is 12.1. The van der Waals surface area contributed by atoms with Gasteiger partial charge in [-0.15, -0.1) is 0 Å². The molecule has 0 aromatic heterocycles. The zero-order valence-corrected chi connectivity index (χ0v) is 14.6. The smallest absolute Gasteiger partial charge is 0.339 e. The Hall–Kier alpha value is -0.700. The van der Waals surface area contributed by atoms with Crippen molar-refractivity contribution in [3.8, 4) is 0 Å². The molecule has 0 spiro atoms. The van der Waals surface area contributed by atoms with Crippen molar-refractivity contribution in [3.05, 3.63) is 0 Å². The Morgan fingerprint density at radius 3 is 2.10 bits per heavy atom. The minimum atomic E-state index is -4.47. The molecule has 0 bridgehead atoms. The molecule has 1 N–H and O–H groups in total. The van der Waals surface area contributed by atoms with Crippen molar-refractivity contribution in [1.29, 1.82) is 0 Å². The van der Waals surface area contributed by atoms with Gasteiger partial charge in [0.15, 0.2) is 0 Å². The van der Waals surface area contributed by atoms with Gasteiger partial charge in [0.2, 0.25) is 5.91 Å². The number of nitrogens with zero attached hydrogens (tertiary/aromatic N) is 2. The number of amides is 1. The lowest BCUT2D eigenvalue weighted by Crippen LogP contribution is -2.46. The van der Waals surface area contributed by atoms with Gasteiger partial charge in [-0.3, -0.25) is 14.2 Å². The number of hydrogen-bond acceptors (Lipinski definition) is 5. The predicted molar refractivity (Wildman–Crippen MR) is 81.3 cm³/mol. The van der Waals surface area contributed by atoms with Crippen LogP contribution in [0, 0.1) is 5.92 Å². The van der Waals surface area contributed by atoms with Crippen LogP contribution in [0.4, 0.5) is 0 Å². The van der Waals surface area contributed by atoms with E-state index in [9.17, 15) is 13.2 Å². The lowest BCUT2D eigenvalue weighted by Gasteiger charge is -2.34. The fourth-order valence-electron chi connectivity index (χ4n) is 1.56. The molecule has 0 unspecified atom stereocenters. The van der Waals surface area contributed by atoms with E-state index in [0.717, 1.165) is 0 Å². The van der Waals surface area contributed by atoms with Crippen LogP contribution >= 0.6 is 0 Å². The highest BCUT2D eigenvalue weighted by Crippen LogP contribution is 2.10. The molecule has 0 heterocycles. The average Bonchev–Trinajstić information content (AvgIpc) is 2.29. The van der Waals surface area contributed by atoms with Crippen LogP contribution in [0.15, 0.2) is 0 Å². The molecule has 0 aliphatic rings. The molecule has 0 rings (SSSR count). The van der Waals surface area contributed by atoms with Crippen LogP contribution < -0.4 is 0 Å². The summed E-state index contributed by atoms with van der Waals surface area (Å²) in [5.74, 6) is -0.257. The van der Waals surface area contributed by atoms with Crippen LogP contribution in [0.3, 0.4) is 0 Å². The summed E-state index contributed by atoms with van der Waals surface area (Å²) in [7, 11) is -2.50. The number of carbonyl (C=O) groups excluding carboxylic acids is 1. The molecule has 0 radical (unpaired) electrons. The minimum Gasteiger partial charge on any atom is -0.339 e. The van der Waals surface area contributed by atoms with Gasteiger partial charge in [0.1, 0.15) is 0 Å². The molecule has 0 aliphatic carbocycles. The molecule has 0 saturated heterocycles. The Labute approximate surface area is 128 Å². The maximum atomic E-state index is 12.1. The van der Waals surface area contributed by atoms with Gasteiger partial charge < -0.3 is 4.90 Å². The molecule has 0 aliphatic heterocycles. The quantitative estimate of drug-likeness (QED) is 0.671. The largest absolute Gasteiger partial charge is 0.397 e. The first kappa shape index (κ1) is 20.3. The fraction of sp³-hybridized carbons (Fsp3) is 0.923. The molecule has 1 amide bonds. The van der Waals surface area contributed by atoms with Crippen LogP contribution in [0.25, 0.3) is 0 Å². The van der Waals surface area contributed by atoms with Crippen LogP contribution in [-0.2, 0) is 19.4 Å². The Morgan fingerprint density at radius 2 is 1.71 bits per heavy atom. The van der Waals surface area contributed by atoms with Gasteiger partial charge in [-0.1, -0.05) is 13.8 Å². The van der Waals surface area contributed by atoms with E-state index in [1.807, 2.05) is 7.05 Å². The van der Waals surface area contributed by atoms with E-state index in [4.69, 9.17) is 4.55 Å². The molecule has 0 atom stereocenters. The average molecular weight is 324 g/mol. The number of carbonyl (C=O) groups is 1. The van der Waals surface area contributed by atoms with Gasteiger partial charge in [0, 0.05) is 31.1 Å². The highest BCUT2D eigenvalue weighted by Gasteiger charge is 2.21. The van der Waals surface area contributed by atoms with Gasteiger partial charge in [-0.25, -0.2) is 4.18 Å². The molecule has 21 heavy (non-hydrogen) atoms. The van der Waals surface area contributed by atoms with Gasteiger partial charge in [0.25, 0.3) is 0 Å². The summed E-state index contributed by atoms with van der Waals surface area (Å²) in [5, 5.41) is 0. The predicted octanol–water partition coefficient (Wildman–Crippen LogP) is 1.02. The lowest BCUT2D eigenvalue weighted by molar-refractivity contribution is -0.135. The lowest BCUT2D eigenvalue weighted by atomic mass is 10.1. The highest BCUT2D eigenvalue weighted by atomic mass is 32.3. The molecule has 0 fully saturated rings. The topological polar surface area (TPSA) is 87.1 Å². The van der Waals surface area contributed by atoms with Crippen LogP contribution in [0.5, 0.6) is 0 Å². The number of hydrogen-bond donors (Lipinski definition) is 1. The third-order valence-electron chi connectivity index (χ3n) is 3.25. The molecule has 126 valence electrons. The zero-order chi connectivity index (χ0) is 16.8. The summed E-state index contributed by atoms with van der Waals surface area (Å²) >= 11 is 0. The van der Waals surface area contributed by atoms with Crippen molar-refractivity contribution in [2.45, 2.75) is 40.2 Å². The van der Waals surface area contributed by atoms with E-state index in [2.05, 4.69) is 29.9 Å². The van der Waals surface area contributed by atoms with Gasteiger partial charge in [-0.2, -0.15) is 8.42 Å². The van der Waals surface area contributed by atoms with E-state index < -0.39 is 10.4 Å². The summed E-state index contributed by atoms with van der Waals surface area (Å²) in [6, 6.07) is 0. The molecule has 0 saturated carbocycles. The van der Waals surface area contributed by atoms with E-state index in [1.165, 1.54) is 0 Å². The van der Waals surface area contributed by atoms with Crippen molar-refractivity contribution < 1.29 is 21.9 Å². The number of likely N-dealkylation sites (N-methyl/N-ethyl adjacent to an activating group) is 1. The van der Waals surface area contributed by atoms with E-state index in [-0.39, 0.29) is 30.5 Å². The molecule has 8 heteroatoms. The van der Waals surface area contributed by atoms with Crippen molar-refractivity contribution in [1.82, 2.24) is 9.80 Å².